The van der Waals surface area contributed by atoms with E-state index in [2.05, 4.69) is 23.2 Å². The van der Waals surface area contributed by atoms with Crippen LogP contribution in [0.2, 0.25) is 0 Å². The summed E-state index contributed by atoms with van der Waals surface area (Å²) < 4.78 is 0. The van der Waals surface area contributed by atoms with E-state index in [9.17, 15) is 0 Å². The second-order valence-corrected chi connectivity index (χ2v) is 3.61. The molecular weight excluding hydrogens is 186 g/mol. The molecule has 3 heteroatoms. The molecule has 0 amide bonds. The number of nitrogen functional groups attached to an aromatic ring is 1. The summed E-state index contributed by atoms with van der Waals surface area (Å²) in [5.74, 6) is 0.493. The van der Waals surface area contributed by atoms with Crippen molar-refractivity contribution in [3.63, 3.8) is 0 Å². The van der Waals surface area contributed by atoms with Crippen molar-refractivity contribution in [2.24, 2.45) is 0 Å². The second kappa shape index (κ2) is 3.69. The molecule has 1 aromatic carbocycles. The molecule has 3 nitrogen and oxygen atoms in total. The fourth-order valence-corrected chi connectivity index (χ4v) is 1.49. The number of benzene rings is 1. The topological polar surface area (TPSA) is 51.8 Å². The Morgan fingerprint density at radius 3 is 2.40 bits per heavy atom. The van der Waals surface area contributed by atoms with Gasteiger partial charge in [0.05, 0.1) is 5.69 Å². The molecule has 0 saturated carbocycles. The van der Waals surface area contributed by atoms with Crippen LogP contribution in [0.15, 0.2) is 30.3 Å². The van der Waals surface area contributed by atoms with Gasteiger partial charge in [0.1, 0.15) is 5.82 Å². The van der Waals surface area contributed by atoms with Gasteiger partial charge in [-0.05, 0) is 31.0 Å². The summed E-state index contributed by atoms with van der Waals surface area (Å²) in [5.41, 5.74) is 9.76. The Kier molecular flexibility index (Phi) is 2.37. The Bertz CT molecular complexity index is 492. The predicted molar refractivity (Wildman–Crippen MR) is 61.4 cm³/mol. The number of aryl methyl sites for hydroxylation is 2. The molecule has 0 aliphatic heterocycles. The molecule has 0 saturated heterocycles. The molecule has 0 radical (unpaired) electrons. The van der Waals surface area contributed by atoms with E-state index >= 15 is 0 Å². The Labute approximate surface area is 89.0 Å². The van der Waals surface area contributed by atoms with Crippen LogP contribution in [0.1, 0.15) is 11.1 Å². The Balaban J connectivity index is 2.55. The molecule has 0 spiro atoms. The Morgan fingerprint density at radius 1 is 1.00 bits per heavy atom. The molecule has 0 atom stereocenters. The van der Waals surface area contributed by atoms with E-state index in [1.165, 1.54) is 5.56 Å². The fraction of sp³-hybridized carbons (Fsp3) is 0.167. The molecule has 2 rings (SSSR count). The number of aromatic nitrogens is 2. The summed E-state index contributed by atoms with van der Waals surface area (Å²) >= 11 is 0. The lowest BCUT2D eigenvalue weighted by Gasteiger charge is -2.05. The van der Waals surface area contributed by atoms with Crippen LogP contribution < -0.4 is 5.73 Å². The first-order chi connectivity index (χ1) is 7.18. The molecule has 2 N–H and O–H groups in total. The van der Waals surface area contributed by atoms with Crippen LogP contribution in [0.5, 0.6) is 0 Å². The van der Waals surface area contributed by atoms with Crippen LogP contribution >= 0.6 is 0 Å². The van der Waals surface area contributed by atoms with Crippen LogP contribution in [0.4, 0.5) is 5.82 Å². The van der Waals surface area contributed by atoms with Gasteiger partial charge in [-0.3, -0.25) is 0 Å². The molecule has 0 bridgehead atoms. The highest BCUT2D eigenvalue weighted by Crippen LogP contribution is 2.22. The van der Waals surface area contributed by atoms with Gasteiger partial charge in [0.2, 0.25) is 0 Å². The molecule has 0 fully saturated rings. The smallest absolute Gasteiger partial charge is 0.149 e. The lowest BCUT2D eigenvalue weighted by atomic mass is 10.0. The quantitative estimate of drug-likeness (QED) is 0.767. The first kappa shape index (κ1) is 9.65. The molecule has 2 aromatic rings. The van der Waals surface area contributed by atoms with E-state index in [-0.39, 0.29) is 0 Å². The van der Waals surface area contributed by atoms with Gasteiger partial charge in [0.25, 0.3) is 0 Å². The van der Waals surface area contributed by atoms with Crippen molar-refractivity contribution in [1.82, 2.24) is 10.2 Å². The number of hydrogen-bond acceptors (Lipinski definition) is 3. The zero-order valence-electron chi connectivity index (χ0n) is 8.86. The van der Waals surface area contributed by atoms with Crippen molar-refractivity contribution in [2.45, 2.75) is 13.8 Å². The van der Waals surface area contributed by atoms with Crippen LogP contribution in [0, 0.1) is 13.8 Å². The van der Waals surface area contributed by atoms with Gasteiger partial charge in [-0.25, -0.2) is 0 Å². The zero-order valence-corrected chi connectivity index (χ0v) is 8.86. The summed E-state index contributed by atoms with van der Waals surface area (Å²) in [6.45, 7) is 3.99. The molecule has 76 valence electrons. The first-order valence-corrected chi connectivity index (χ1v) is 4.84. The van der Waals surface area contributed by atoms with E-state index in [0.29, 0.717) is 5.82 Å². The number of nitrogens with zero attached hydrogens (tertiary/aromatic N) is 2. The van der Waals surface area contributed by atoms with Gasteiger partial charge in [-0.15, -0.1) is 10.2 Å². The molecule has 1 aromatic heterocycles. The summed E-state index contributed by atoms with van der Waals surface area (Å²) in [7, 11) is 0. The molecule has 1 heterocycles. The minimum atomic E-state index is 0.493. The van der Waals surface area contributed by atoms with E-state index in [4.69, 9.17) is 5.73 Å². The predicted octanol–water partition coefficient (Wildman–Crippen LogP) is 2.34. The monoisotopic (exact) mass is 199 g/mol. The maximum Gasteiger partial charge on any atom is 0.149 e. The van der Waals surface area contributed by atoms with Crippen molar-refractivity contribution < 1.29 is 0 Å². The third-order valence-electron chi connectivity index (χ3n) is 2.44. The average molecular weight is 199 g/mol. The number of hydrogen-bond donors (Lipinski definition) is 1. The van der Waals surface area contributed by atoms with Crippen molar-refractivity contribution in [2.75, 3.05) is 5.73 Å². The van der Waals surface area contributed by atoms with E-state index < -0.39 is 0 Å². The largest absolute Gasteiger partial charge is 0.382 e. The van der Waals surface area contributed by atoms with Gasteiger partial charge < -0.3 is 5.73 Å². The highest BCUT2D eigenvalue weighted by molar-refractivity contribution is 5.64. The molecule has 0 aliphatic rings. The fourth-order valence-electron chi connectivity index (χ4n) is 1.49. The van der Waals surface area contributed by atoms with Crippen LogP contribution in [0.3, 0.4) is 0 Å². The van der Waals surface area contributed by atoms with E-state index in [1.54, 1.807) is 0 Å². The maximum atomic E-state index is 5.63. The van der Waals surface area contributed by atoms with Gasteiger partial charge in [0, 0.05) is 5.56 Å². The highest BCUT2D eigenvalue weighted by Gasteiger charge is 2.04. The molecular formula is C12H13N3. The van der Waals surface area contributed by atoms with Crippen LogP contribution in [-0.2, 0) is 0 Å². The normalized spacial score (nSPS) is 10.3. The third-order valence-corrected chi connectivity index (χ3v) is 2.44. The molecule has 0 aliphatic carbocycles. The second-order valence-electron chi connectivity index (χ2n) is 3.61. The van der Waals surface area contributed by atoms with E-state index in [1.807, 2.05) is 31.2 Å². The number of anilines is 1. The van der Waals surface area contributed by atoms with Gasteiger partial charge in [-0.1, -0.05) is 24.3 Å². The van der Waals surface area contributed by atoms with Gasteiger partial charge in [-0.2, -0.15) is 0 Å². The zero-order chi connectivity index (χ0) is 10.8. The lowest BCUT2D eigenvalue weighted by molar-refractivity contribution is 1.03. The third kappa shape index (κ3) is 1.81. The number of rotatable bonds is 1. The van der Waals surface area contributed by atoms with Crippen molar-refractivity contribution in [3.05, 3.63) is 41.5 Å². The Hall–Kier alpha value is -1.90. The van der Waals surface area contributed by atoms with Crippen LogP contribution in [-0.4, -0.2) is 10.2 Å². The average Bonchev–Trinajstić information content (AvgIpc) is 2.23. The van der Waals surface area contributed by atoms with Crippen molar-refractivity contribution in [1.29, 1.82) is 0 Å². The SMILES string of the molecule is Cc1ccccc1-c1cc(C)c(N)nn1. The summed E-state index contributed by atoms with van der Waals surface area (Å²) in [4.78, 5) is 0. The minimum Gasteiger partial charge on any atom is -0.382 e. The van der Waals surface area contributed by atoms with Gasteiger partial charge in [0.15, 0.2) is 0 Å². The lowest BCUT2D eigenvalue weighted by Crippen LogP contribution is -1.98. The molecule has 15 heavy (non-hydrogen) atoms. The minimum absolute atomic E-state index is 0.493. The highest BCUT2D eigenvalue weighted by atomic mass is 15.1. The number of nitrogens with two attached hydrogens (primary N) is 1. The van der Waals surface area contributed by atoms with Crippen molar-refractivity contribution in [3.8, 4) is 11.3 Å². The summed E-state index contributed by atoms with van der Waals surface area (Å²) in [6.07, 6.45) is 0. The maximum absolute atomic E-state index is 5.63. The van der Waals surface area contributed by atoms with Gasteiger partial charge >= 0.3 is 0 Å². The summed E-state index contributed by atoms with van der Waals surface area (Å²) in [6, 6.07) is 10.1. The standard InChI is InChI=1S/C12H13N3/c1-8-5-3-4-6-10(8)11-7-9(2)12(13)15-14-11/h3-7H,1-2H3,(H2,13,15). The Morgan fingerprint density at radius 2 is 1.73 bits per heavy atom. The van der Waals surface area contributed by atoms with Crippen LogP contribution in [0.25, 0.3) is 11.3 Å². The van der Waals surface area contributed by atoms with E-state index in [0.717, 1.165) is 16.8 Å². The summed E-state index contributed by atoms with van der Waals surface area (Å²) in [5, 5.41) is 8.02. The first-order valence-electron chi connectivity index (χ1n) is 4.84. The van der Waals surface area contributed by atoms with Crippen molar-refractivity contribution >= 4 is 5.82 Å². The molecule has 0 unspecified atom stereocenters.